The number of fused-ring (bicyclic) bond motifs is 2. The van der Waals surface area contributed by atoms with Crippen molar-refractivity contribution >= 4 is 43.6 Å². The molecule has 1 atom stereocenters. The van der Waals surface area contributed by atoms with Crippen molar-refractivity contribution in [1.82, 2.24) is 4.98 Å². The lowest BCUT2D eigenvalue weighted by Gasteiger charge is -2.40. The molecule has 4 nitrogen and oxygen atoms in total. The topological polar surface area (TPSA) is 68.2 Å². The van der Waals surface area contributed by atoms with E-state index in [1.807, 2.05) is 11.3 Å². The first-order chi connectivity index (χ1) is 13.1. The number of rotatable bonds is 3. The van der Waals surface area contributed by atoms with Gasteiger partial charge in [-0.15, -0.1) is 22.7 Å². The molecule has 1 unspecified atom stereocenters. The second-order valence-electron chi connectivity index (χ2n) is 8.21. The number of aryl methyl sites for hydroxylation is 1. The van der Waals surface area contributed by atoms with Gasteiger partial charge >= 0.3 is 0 Å². The van der Waals surface area contributed by atoms with Crippen molar-refractivity contribution in [1.29, 1.82) is 0 Å². The van der Waals surface area contributed by atoms with Crippen LogP contribution < -0.4 is 16.4 Å². The van der Waals surface area contributed by atoms with Gasteiger partial charge in [0.25, 0.3) is 0 Å². The second-order valence-corrected chi connectivity index (χ2v) is 10.3. The molecule has 3 heterocycles. The van der Waals surface area contributed by atoms with E-state index >= 15 is 0 Å². The van der Waals surface area contributed by atoms with Crippen LogP contribution in [0.4, 0.5) is 10.8 Å². The van der Waals surface area contributed by atoms with Gasteiger partial charge in [-0.2, -0.15) is 0 Å². The molecular formula is C21H26N4S2. The molecule has 0 radical (unpaired) electrons. The zero-order chi connectivity index (χ0) is 18.4. The molecule has 1 aliphatic carbocycles. The van der Waals surface area contributed by atoms with Crippen LogP contribution in [0.15, 0.2) is 29.6 Å². The van der Waals surface area contributed by atoms with E-state index < -0.39 is 0 Å². The van der Waals surface area contributed by atoms with Crippen LogP contribution in [0.5, 0.6) is 0 Å². The van der Waals surface area contributed by atoms with Gasteiger partial charge in [0.1, 0.15) is 0 Å². The molecule has 2 aromatic heterocycles. The molecule has 6 heteroatoms. The average molecular weight is 399 g/mol. The van der Waals surface area contributed by atoms with Gasteiger partial charge in [-0.3, -0.25) is 0 Å². The number of nitrogens with two attached hydrogens (primary N) is 2. The first-order valence-electron chi connectivity index (χ1n) is 9.84. The van der Waals surface area contributed by atoms with Gasteiger partial charge in [0.15, 0.2) is 5.13 Å². The maximum absolute atomic E-state index is 6.85. The fourth-order valence-electron chi connectivity index (χ4n) is 4.89. The summed E-state index contributed by atoms with van der Waals surface area (Å²) in [6.45, 7) is 2.27. The lowest BCUT2D eigenvalue weighted by atomic mass is 9.75. The van der Waals surface area contributed by atoms with E-state index in [1.54, 1.807) is 11.3 Å². The molecule has 27 heavy (non-hydrogen) atoms. The molecule has 142 valence electrons. The van der Waals surface area contributed by atoms with Gasteiger partial charge in [-0.25, -0.2) is 4.98 Å². The smallest absolute Gasteiger partial charge is 0.180 e. The molecule has 2 aliphatic rings. The highest BCUT2D eigenvalue weighted by atomic mass is 32.1. The lowest BCUT2D eigenvalue weighted by Crippen LogP contribution is -2.47. The average Bonchev–Trinajstić information content (AvgIpc) is 3.27. The first-order valence-corrected chi connectivity index (χ1v) is 11.5. The van der Waals surface area contributed by atoms with Crippen LogP contribution in [-0.2, 0) is 12.8 Å². The second kappa shape index (κ2) is 6.76. The Balaban J connectivity index is 1.24. The zero-order valence-corrected chi connectivity index (χ0v) is 17.1. The quantitative estimate of drug-likeness (QED) is 0.685. The summed E-state index contributed by atoms with van der Waals surface area (Å²) in [5.41, 5.74) is 15.3. The van der Waals surface area contributed by atoms with Gasteiger partial charge < -0.3 is 16.4 Å². The fourth-order valence-corrected chi connectivity index (χ4v) is 6.73. The van der Waals surface area contributed by atoms with E-state index in [0.29, 0.717) is 5.13 Å². The van der Waals surface area contributed by atoms with Gasteiger partial charge in [0, 0.05) is 45.7 Å². The highest BCUT2D eigenvalue weighted by Gasteiger charge is 2.35. The number of thiophene rings is 1. The number of nitrogens with zero attached hydrogens (tertiary/aromatic N) is 2. The van der Waals surface area contributed by atoms with Crippen molar-refractivity contribution in [2.75, 3.05) is 23.7 Å². The summed E-state index contributed by atoms with van der Waals surface area (Å²) in [6.07, 6.45) is 6.57. The number of nitrogen functional groups attached to an aromatic ring is 1. The Hall–Kier alpha value is -1.63. The normalized spacial score (nSPS) is 23.7. The van der Waals surface area contributed by atoms with Crippen LogP contribution in [0.3, 0.4) is 0 Å². The molecule has 1 saturated heterocycles. The Morgan fingerprint density at radius 1 is 1.22 bits per heavy atom. The minimum atomic E-state index is -0.0772. The lowest BCUT2D eigenvalue weighted by molar-refractivity contribution is 0.255. The number of hydrogen-bond acceptors (Lipinski definition) is 6. The summed E-state index contributed by atoms with van der Waals surface area (Å²) in [4.78, 5) is 8.35. The third-order valence-electron chi connectivity index (χ3n) is 6.29. The van der Waals surface area contributed by atoms with E-state index in [0.717, 1.165) is 44.7 Å². The molecule has 0 saturated carbocycles. The number of thiazole rings is 1. The standard InChI is InChI=1S/C21H26N4S2/c22-20-24-16-4-8-21(23,13-19(16)27-20)12-14-5-9-25(10-6-14)17-2-1-3-18-15(17)7-11-26-18/h1-3,7,11,14H,4-6,8-10,12-13,23H2,(H2,22,24). The number of benzene rings is 1. The SMILES string of the molecule is Nc1nc2c(s1)CC(N)(CC1CCN(c3cccc4sccc34)CC1)CC2. The van der Waals surface area contributed by atoms with Crippen LogP contribution in [0, 0.1) is 5.92 Å². The molecule has 5 rings (SSSR count). The monoisotopic (exact) mass is 398 g/mol. The molecule has 1 fully saturated rings. The van der Waals surface area contributed by atoms with Gasteiger partial charge in [-0.1, -0.05) is 6.07 Å². The van der Waals surface area contributed by atoms with E-state index in [1.165, 1.54) is 39.2 Å². The summed E-state index contributed by atoms with van der Waals surface area (Å²) in [5.74, 6) is 0.722. The van der Waals surface area contributed by atoms with Crippen molar-refractivity contribution in [3.8, 4) is 0 Å². The summed E-state index contributed by atoms with van der Waals surface area (Å²) < 4.78 is 1.39. The molecule has 1 aliphatic heterocycles. The zero-order valence-electron chi connectivity index (χ0n) is 15.5. The minimum Gasteiger partial charge on any atom is -0.375 e. The highest BCUT2D eigenvalue weighted by molar-refractivity contribution is 7.17. The van der Waals surface area contributed by atoms with Crippen LogP contribution in [0.25, 0.3) is 10.1 Å². The Labute approximate surface area is 168 Å². The number of piperidine rings is 1. The molecule has 0 bridgehead atoms. The van der Waals surface area contributed by atoms with E-state index in [4.69, 9.17) is 11.5 Å². The first kappa shape index (κ1) is 17.5. The number of anilines is 2. The minimum absolute atomic E-state index is 0.0772. The number of hydrogen-bond donors (Lipinski definition) is 2. The molecule has 4 N–H and O–H groups in total. The van der Waals surface area contributed by atoms with Crippen molar-refractivity contribution in [2.45, 2.75) is 44.1 Å². The molecular weight excluding hydrogens is 372 g/mol. The van der Waals surface area contributed by atoms with E-state index in [9.17, 15) is 0 Å². The Bertz CT molecular complexity index is 954. The maximum atomic E-state index is 6.85. The molecule has 1 aromatic carbocycles. The summed E-state index contributed by atoms with van der Waals surface area (Å²) >= 11 is 3.46. The molecule has 0 amide bonds. The Morgan fingerprint density at radius 3 is 2.93 bits per heavy atom. The van der Waals surface area contributed by atoms with Crippen molar-refractivity contribution < 1.29 is 0 Å². The fraction of sp³-hybridized carbons (Fsp3) is 0.476. The van der Waals surface area contributed by atoms with Crippen LogP contribution in [0.1, 0.15) is 36.3 Å². The van der Waals surface area contributed by atoms with Crippen LogP contribution in [0.2, 0.25) is 0 Å². The number of aromatic nitrogens is 1. The van der Waals surface area contributed by atoms with Crippen LogP contribution >= 0.6 is 22.7 Å². The summed E-state index contributed by atoms with van der Waals surface area (Å²) in [6, 6.07) is 8.95. The molecule has 0 spiro atoms. The van der Waals surface area contributed by atoms with Crippen molar-refractivity contribution in [3.05, 3.63) is 40.2 Å². The van der Waals surface area contributed by atoms with Gasteiger partial charge in [0.05, 0.1) is 5.69 Å². The largest absolute Gasteiger partial charge is 0.375 e. The van der Waals surface area contributed by atoms with Crippen molar-refractivity contribution in [3.63, 3.8) is 0 Å². The van der Waals surface area contributed by atoms with E-state index in [-0.39, 0.29) is 5.54 Å². The predicted molar refractivity (Wildman–Crippen MR) is 117 cm³/mol. The molecule has 3 aromatic rings. The summed E-state index contributed by atoms with van der Waals surface area (Å²) in [7, 11) is 0. The van der Waals surface area contributed by atoms with Crippen molar-refractivity contribution in [2.24, 2.45) is 11.7 Å². The Morgan fingerprint density at radius 2 is 2.07 bits per heavy atom. The van der Waals surface area contributed by atoms with Crippen LogP contribution in [-0.4, -0.2) is 23.6 Å². The highest BCUT2D eigenvalue weighted by Crippen LogP contribution is 2.38. The summed E-state index contributed by atoms with van der Waals surface area (Å²) in [5, 5.41) is 4.29. The maximum Gasteiger partial charge on any atom is 0.180 e. The predicted octanol–water partition coefficient (Wildman–Crippen LogP) is 4.43. The van der Waals surface area contributed by atoms with E-state index in [2.05, 4.69) is 39.5 Å². The third-order valence-corrected chi connectivity index (χ3v) is 8.10. The van der Waals surface area contributed by atoms with Gasteiger partial charge in [0.2, 0.25) is 0 Å². The van der Waals surface area contributed by atoms with Gasteiger partial charge in [-0.05, 0) is 61.6 Å². The third kappa shape index (κ3) is 3.35. The Kier molecular flexibility index (Phi) is 4.37.